The van der Waals surface area contributed by atoms with Gasteiger partial charge in [0.05, 0.1) is 13.5 Å². The SMILES string of the molecule is COc1ccc(-c2nc(COC(=O)Cc3cccs3)no2)cc1. The molecule has 3 aromatic rings. The maximum atomic E-state index is 11.7. The molecule has 0 bridgehead atoms. The van der Waals surface area contributed by atoms with Crippen LogP contribution in [0.25, 0.3) is 11.5 Å². The Morgan fingerprint density at radius 3 is 2.78 bits per heavy atom. The van der Waals surface area contributed by atoms with Gasteiger partial charge in [0, 0.05) is 10.4 Å². The summed E-state index contributed by atoms with van der Waals surface area (Å²) in [6.07, 6.45) is 0.251. The van der Waals surface area contributed by atoms with E-state index in [9.17, 15) is 4.79 Å². The van der Waals surface area contributed by atoms with Gasteiger partial charge in [-0.1, -0.05) is 11.2 Å². The van der Waals surface area contributed by atoms with E-state index >= 15 is 0 Å². The van der Waals surface area contributed by atoms with Gasteiger partial charge >= 0.3 is 5.97 Å². The Hall–Kier alpha value is -2.67. The molecule has 0 unspecified atom stereocenters. The Morgan fingerprint density at radius 1 is 1.26 bits per heavy atom. The summed E-state index contributed by atoms with van der Waals surface area (Å²) in [4.78, 5) is 16.9. The lowest BCUT2D eigenvalue weighted by Crippen LogP contribution is -2.07. The highest BCUT2D eigenvalue weighted by Crippen LogP contribution is 2.20. The van der Waals surface area contributed by atoms with Crippen LogP contribution in [0.5, 0.6) is 5.75 Å². The van der Waals surface area contributed by atoms with Crippen LogP contribution in [0.4, 0.5) is 0 Å². The summed E-state index contributed by atoms with van der Waals surface area (Å²) in [5.41, 5.74) is 0.773. The number of benzene rings is 1. The second kappa shape index (κ2) is 7.06. The smallest absolute Gasteiger partial charge is 0.311 e. The predicted molar refractivity (Wildman–Crippen MR) is 84.1 cm³/mol. The van der Waals surface area contributed by atoms with Gasteiger partial charge in [-0.25, -0.2) is 0 Å². The number of methoxy groups -OCH3 is 1. The summed E-state index contributed by atoms with van der Waals surface area (Å²) < 4.78 is 15.4. The lowest BCUT2D eigenvalue weighted by Gasteiger charge is -2.00. The Labute approximate surface area is 136 Å². The zero-order valence-corrected chi connectivity index (χ0v) is 13.2. The average Bonchev–Trinajstić information content (AvgIpc) is 3.25. The maximum Gasteiger partial charge on any atom is 0.311 e. The zero-order chi connectivity index (χ0) is 16.1. The number of carbonyl (C=O) groups excluding carboxylic acids is 1. The minimum atomic E-state index is -0.316. The molecule has 0 saturated heterocycles. The normalized spacial score (nSPS) is 10.5. The molecule has 0 saturated carbocycles. The minimum absolute atomic E-state index is 0.0101. The van der Waals surface area contributed by atoms with Crippen LogP contribution in [0.1, 0.15) is 10.7 Å². The van der Waals surface area contributed by atoms with Gasteiger partial charge in [-0.15, -0.1) is 11.3 Å². The Morgan fingerprint density at radius 2 is 2.09 bits per heavy atom. The fourth-order valence-electron chi connectivity index (χ4n) is 1.91. The summed E-state index contributed by atoms with van der Waals surface area (Å²) in [6.45, 7) is -0.0101. The number of ether oxygens (including phenoxy) is 2. The second-order valence-corrected chi connectivity index (χ2v) is 5.69. The monoisotopic (exact) mass is 330 g/mol. The van der Waals surface area contributed by atoms with Crippen molar-refractivity contribution in [3.8, 4) is 17.2 Å². The van der Waals surface area contributed by atoms with Crippen molar-refractivity contribution in [2.45, 2.75) is 13.0 Å². The molecule has 0 radical (unpaired) electrons. The number of hydrogen-bond donors (Lipinski definition) is 0. The van der Waals surface area contributed by atoms with Gasteiger partial charge < -0.3 is 14.0 Å². The molecule has 118 valence electrons. The highest BCUT2D eigenvalue weighted by atomic mass is 32.1. The van der Waals surface area contributed by atoms with Crippen molar-refractivity contribution in [3.05, 3.63) is 52.5 Å². The Kier molecular flexibility index (Phi) is 4.68. The predicted octanol–water partition coefficient (Wildman–Crippen LogP) is 3.09. The third kappa shape index (κ3) is 3.95. The third-order valence-corrected chi connectivity index (χ3v) is 3.94. The molecule has 0 spiro atoms. The summed E-state index contributed by atoms with van der Waals surface area (Å²) in [5.74, 6) is 1.13. The van der Waals surface area contributed by atoms with Crippen molar-refractivity contribution in [1.82, 2.24) is 10.1 Å². The molecular formula is C16H14N2O4S. The molecule has 0 atom stereocenters. The van der Waals surface area contributed by atoms with Gasteiger partial charge in [0.2, 0.25) is 5.82 Å². The first-order chi connectivity index (χ1) is 11.2. The van der Waals surface area contributed by atoms with Crippen LogP contribution in [0.15, 0.2) is 46.3 Å². The van der Waals surface area contributed by atoms with Gasteiger partial charge in [-0.05, 0) is 35.7 Å². The number of aromatic nitrogens is 2. The van der Waals surface area contributed by atoms with E-state index in [0.717, 1.165) is 16.2 Å². The van der Waals surface area contributed by atoms with Crippen LogP contribution in [0.2, 0.25) is 0 Å². The van der Waals surface area contributed by atoms with Crippen molar-refractivity contribution in [3.63, 3.8) is 0 Å². The molecule has 2 heterocycles. The van der Waals surface area contributed by atoms with Crippen LogP contribution < -0.4 is 4.74 Å². The van der Waals surface area contributed by atoms with Crippen LogP contribution >= 0.6 is 11.3 Å². The maximum absolute atomic E-state index is 11.7. The van der Waals surface area contributed by atoms with E-state index in [1.54, 1.807) is 19.2 Å². The van der Waals surface area contributed by atoms with Crippen LogP contribution in [0.3, 0.4) is 0 Å². The largest absolute Gasteiger partial charge is 0.497 e. The molecule has 2 aromatic heterocycles. The lowest BCUT2D eigenvalue weighted by atomic mass is 10.2. The van der Waals surface area contributed by atoms with Crippen molar-refractivity contribution in [2.75, 3.05) is 7.11 Å². The van der Waals surface area contributed by atoms with Crippen LogP contribution in [-0.4, -0.2) is 23.2 Å². The molecule has 0 aliphatic rings. The first-order valence-electron chi connectivity index (χ1n) is 6.89. The summed E-state index contributed by atoms with van der Waals surface area (Å²) in [5, 5.41) is 5.73. The van der Waals surface area contributed by atoms with Gasteiger partial charge in [0.1, 0.15) is 5.75 Å². The Balaban J connectivity index is 1.57. The molecule has 0 N–H and O–H groups in total. The number of rotatable bonds is 6. The van der Waals surface area contributed by atoms with Gasteiger partial charge in [0.25, 0.3) is 5.89 Å². The molecule has 0 fully saturated rings. The number of hydrogen-bond acceptors (Lipinski definition) is 7. The molecule has 23 heavy (non-hydrogen) atoms. The highest BCUT2D eigenvalue weighted by Gasteiger charge is 2.12. The molecule has 0 amide bonds. The minimum Gasteiger partial charge on any atom is -0.497 e. The lowest BCUT2D eigenvalue weighted by molar-refractivity contribution is -0.144. The summed E-state index contributed by atoms with van der Waals surface area (Å²) in [7, 11) is 1.60. The summed E-state index contributed by atoms with van der Waals surface area (Å²) >= 11 is 1.52. The summed E-state index contributed by atoms with van der Waals surface area (Å²) in [6, 6.07) is 11.0. The van der Waals surface area contributed by atoms with Gasteiger partial charge in [0.15, 0.2) is 6.61 Å². The topological polar surface area (TPSA) is 74.5 Å². The standard InChI is InChI=1S/C16H14N2O4S/c1-20-12-6-4-11(5-7-12)16-17-14(18-22-16)10-21-15(19)9-13-3-2-8-23-13/h2-8H,9-10H2,1H3. The first-order valence-corrected chi connectivity index (χ1v) is 7.77. The molecule has 0 aliphatic heterocycles. The number of carbonyl (C=O) groups is 1. The van der Waals surface area contributed by atoms with Crippen LogP contribution in [-0.2, 0) is 22.6 Å². The van der Waals surface area contributed by atoms with E-state index < -0.39 is 0 Å². The fraction of sp³-hybridized carbons (Fsp3) is 0.188. The average molecular weight is 330 g/mol. The van der Waals surface area contributed by atoms with Crippen molar-refractivity contribution >= 4 is 17.3 Å². The van der Waals surface area contributed by atoms with E-state index in [1.807, 2.05) is 29.6 Å². The van der Waals surface area contributed by atoms with E-state index in [0.29, 0.717) is 11.7 Å². The number of nitrogens with zero attached hydrogens (tertiary/aromatic N) is 2. The van der Waals surface area contributed by atoms with E-state index in [4.69, 9.17) is 14.0 Å². The quantitative estimate of drug-likeness (QED) is 0.647. The number of esters is 1. The second-order valence-electron chi connectivity index (χ2n) is 4.66. The molecular weight excluding hydrogens is 316 g/mol. The third-order valence-electron chi connectivity index (χ3n) is 3.07. The first kappa shape index (κ1) is 15.2. The fourth-order valence-corrected chi connectivity index (χ4v) is 2.61. The van der Waals surface area contributed by atoms with Crippen molar-refractivity contribution in [2.24, 2.45) is 0 Å². The van der Waals surface area contributed by atoms with Gasteiger partial charge in [-0.2, -0.15) is 4.98 Å². The zero-order valence-electron chi connectivity index (χ0n) is 12.4. The van der Waals surface area contributed by atoms with E-state index in [1.165, 1.54) is 11.3 Å². The number of thiophene rings is 1. The van der Waals surface area contributed by atoms with Crippen molar-refractivity contribution in [1.29, 1.82) is 0 Å². The molecule has 1 aromatic carbocycles. The van der Waals surface area contributed by atoms with Crippen LogP contribution in [0, 0.1) is 0 Å². The highest BCUT2D eigenvalue weighted by molar-refractivity contribution is 7.10. The Bertz CT molecular complexity index is 766. The molecule has 0 aliphatic carbocycles. The van der Waals surface area contributed by atoms with Crippen molar-refractivity contribution < 1.29 is 18.8 Å². The molecule has 3 rings (SSSR count). The molecule has 7 heteroatoms. The molecule has 6 nitrogen and oxygen atoms in total. The van der Waals surface area contributed by atoms with E-state index in [-0.39, 0.29) is 19.0 Å². The van der Waals surface area contributed by atoms with E-state index in [2.05, 4.69) is 10.1 Å². The van der Waals surface area contributed by atoms with Gasteiger partial charge in [-0.3, -0.25) is 4.79 Å².